The Hall–Kier alpha value is -0.880. The molecule has 0 radical (unpaired) electrons. The molecule has 82 valence electrons. The summed E-state index contributed by atoms with van der Waals surface area (Å²) in [6.45, 7) is -0.322. The second-order valence-corrected chi connectivity index (χ2v) is 3.19. The van der Waals surface area contributed by atoms with Crippen LogP contribution in [0.5, 0.6) is 0 Å². The Kier molecular flexibility index (Phi) is 8.16. The second kappa shape index (κ2) is 8.71. The fraction of sp³-hybridized carbons (Fsp3) is 1.00. The third-order valence-corrected chi connectivity index (χ3v) is 1.97. The van der Waals surface area contributed by atoms with E-state index in [9.17, 15) is 9.81 Å². The van der Waals surface area contributed by atoms with Crippen LogP contribution >= 0.6 is 0 Å². The molecule has 2 unspecified atom stereocenters. The lowest BCUT2D eigenvalue weighted by molar-refractivity contribution is 0.0859. The molecule has 0 fully saturated rings. The molecule has 0 rings (SSSR count). The highest BCUT2D eigenvalue weighted by Crippen LogP contribution is 2.08. The monoisotopic (exact) mass is 204 g/mol. The standard InChI is InChI=1S/C8H16N2O4/c11-6-8(12)4-2-1-3-7(10-14)5-9-13/h7-8,11-12H,1-6H2. The van der Waals surface area contributed by atoms with E-state index in [1.165, 1.54) is 0 Å². The van der Waals surface area contributed by atoms with Crippen LogP contribution < -0.4 is 0 Å². The highest BCUT2D eigenvalue weighted by atomic mass is 16.3. The van der Waals surface area contributed by atoms with Gasteiger partial charge in [0.2, 0.25) is 0 Å². The van der Waals surface area contributed by atoms with Crippen molar-refractivity contribution in [2.45, 2.75) is 37.8 Å². The molecule has 0 aliphatic carbocycles. The third-order valence-electron chi connectivity index (χ3n) is 1.97. The molecule has 0 spiro atoms. The van der Waals surface area contributed by atoms with Crippen LogP contribution in [0.3, 0.4) is 0 Å². The first-order chi connectivity index (χ1) is 6.74. The first kappa shape index (κ1) is 13.1. The third kappa shape index (κ3) is 6.62. The van der Waals surface area contributed by atoms with Gasteiger partial charge in [0, 0.05) is 0 Å². The largest absolute Gasteiger partial charge is 0.394 e. The van der Waals surface area contributed by atoms with Crippen molar-refractivity contribution in [3.05, 3.63) is 9.81 Å². The molecule has 0 heterocycles. The van der Waals surface area contributed by atoms with Crippen molar-refractivity contribution in [3.63, 3.8) is 0 Å². The molecule has 2 N–H and O–H groups in total. The lowest BCUT2D eigenvalue weighted by Gasteiger charge is -2.07. The Morgan fingerprint density at radius 2 is 1.79 bits per heavy atom. The minimum Gasteiger partial charge on any atom is -0.394 e. The SMILES string of the molecule is O=NCC(CCCCC(O)CO)N=O. The summed E-state index contributed by atoms with van der Waals surface area (Å²) in [6.07, 6.45) is 1.71. The van der Waals surface area contributed by atoms with E-state index in [4.69, 9.17) is 10.2 Å². The van der Waals surface area contributed by atoms with Gasteiger partial charge in [-0.3, -0.25) is 0 Å². The van der Waals surface area contributed by atoms with Crippen molar-refractivity contribution in [2.24, 2.45) is 10.4 Å². The first-order valence-corrected chi connectivity index (χ1v) is 4.65. The maximum Gasteiger partial charge on any atom is 0.115 e. The van der Waals surface area contributed by atoms with E-state index < -0.39 is 12.1 Å². The summed E-state index contributed by atoms with van der Waals surface area (Å²) in [5.41, 5.74) is 0. The van der Waals surface area contributed by atoms with Gasteiger partial charge in [0.05, 0.1) is 12.7 Å². The molecule has 0 bridgehead atoms. The zero-order valence-corrected chi connectivity index (χ0v) is 8.00. The molecule has 0 aromatic rings. The molecular weight excluding hydrogens is 188 g/mol. The van der Waals surface area contributed by atoms with E-state index in [-0.39, 0.29) is 13.2 Å². The molecule has 0 saturated carbocycles. The number of aliphatic hydroxyl groups is 2. The summed E-state index contributed by atoms with van der Waals surface area (Å²) >= 11 is 0. The summed E-state index contributed by atoms with van der Waals surface area (Å²) in [4.78, 5) is 20.0. The zero-order valence-electron chi connectivity index (χ0n) is 8.00. The van der Waals surface area contributed by atoms with Crippen LogP contribution in [0, 0.1) is 9.81 Å². The number of unbranched alkanes of at least 4 members (excludes halogenated alkanes) is 1. The van der Waals surface area contributed by atoms with E-state index in [1.54, 1.807) is 0 Å². The molecular formula is C8H16N2O4. The van der Waals surface area contributed by atoms with Gasteiger partial charge in [0.1, 0.15) is 12.6 Å². The first-order valence-electron chi connectivity index (χ1n) is 4.65. The average molecular weight is 204 g/mol. The van der Waals surface area contributed by atoms with E-state index in [0.717, 1.165) is 0 Å². The molecule has 0 aromatic carbocycles. The molecule has 0 saturated heterocycles. The van der Waals surface area contributed by atoms with E-state index in [2.05, 4.69) is 10.4 Å². The van der Waals surface area contributed by atoms with Gasteiger partial charge in [0.15, 0.2) is 0 Å². The average Bonchev–Trinajstić information content (AvgIpc) is 2.22. The summed E-state index contributed by atoms with van der Waals surface area (Å²) in [7, 11) is 0. The van der Waals surface area contributed by atoms with Crippen LogP contribution in [0.2, 0.25) is 0 Å². The molecule has 0 aliphatic rings. The van der Waals surface area contributed by atoms with Crippen LogP contribution in [0.1, 0.15) is 25.7 Å². The van der Waals surface area contributed by atoms with Gasteiger partial charge in [-0.2, -0.15) is 9.81 Å². The summed E-state index contributed by atoms with van der Waals surface area (Å²) in [5, 5.41) is 22.8. The van der Waals surface area contributed by atoms with E-state index in [1.807, 2.05) is 0 Å². The summed E-state index contributed by atoms with van der Waals surface area (Å²) in [5.74, 6) is 0. The number of nitroso groups, excluding NO2 is 2. The summed E-state index contributed by atoms with van der Waals surface area (Å²) in [6, 6.07) is -0.543. The summed E-state index contributed by atoms with van der Waals surface area (Å²) < 4.78 is 0. The van der Waals surface area contributed by atoms with Gasteiger partial charge in [-0.1, -0.05) is 23.2 Å². The van der Waals surface area contributed by atoms with E-state index in [0.29, 0.717) is 25.7 Å². The van der Waals surface area contributed by atoms with Gasteiger partial charge < -0.3 is 10.2 Å². The van der Waals surface area contributed by atoms with Crippen molar-refractivity contribution in [1.29, 1.82) is 0 Å². The Labute approximate surface area is 82.3 Å². The van der Waals surface area contributed by atoms with Crippen LogP contribution in [0.25, 0.3) is 0 Å². The second-order valence-electron chi connectivity index (χ2n) is 3.19. The predicted octanol–water partition coefficient (Wildman–Crippen LogP) is 0.801. The molecule has 6 nitrogen and oxygen atoms in total. The maximum absolute atomic E-state index is 10.1. The molecule has 0 amide bonds. The number of nitrogens with zero attached hydrogens (tertiary/aromatic N) is 2. The molecule has 14 heavy (non-hydrogen) atoms. The maximum atomic E-state index is 10.1. The van der Waals surface area contributed by atoms with Crippen LogP contribution in [0.4, 0.5) is 0 Å². The molecule has 2 atom stereocenters. The fourth-order valence-electron chi connectivity index (χ4n) is 1.11. The van der Waals surface area contributed by atoms with Crippen LogP contribution in [-0.4, -0.2) is 35.5 Å². The number of rotatable bonds is 9. The Bertz CT molecular complexity index is 165. The number of hydrogen-bond acceptors (Lipinski definition) is 6. The Morgan fingerprint density at radius 1 is 1.14 bits per heavy atom. The minimum atomic E-state index is -0.693. The van der Waals surface area contributed by atoms with Gasteiger partial charge in [-0.05, 0) is 12.8 Å². The van der Waals surface area contributed by atoms with Crippen molar-refractivity contribution in [3.8, 4) is 0 Å². The molecule has 0 aromatic heterocycles. The molecule has 6 heteroatoms. The van der Waals surface area contributed by atoms with Gasteiger partial charge in [-0.25, -0.2) is 0 Å². The van der Waals surface area contributed by atoms with Gasteiger partial charge in [-0.15, -0.1) is 0 Å². The lowest BCUT2D eigenvalue weighted by Crippen LogP contribution is -2.12. The lowest BCUT2D eigenvalue weighted by atomic mass is 10.1. The number of aliphatic hydroxyl groups excluding tert-OH is 2. The fourth-order valence-corrected chi connectivity index (χ4v) is 1.11. The smallest absolute Gasteiger partial charge is 0.115 e. The zero-order chi connectivity index (χ0) is 10.8. The quantitative estimate of drug-likeness (QED) is 0.428. The minimum absolute atomic E-state index is 0.0773. The van der Waals surface area contributed by atoms with Crippen LogP contribution in [0.15, 0.2) is 10.4 Å². The topological polar surface area (TPSA) is 99.3 Å². The van der Waals surface area contributed by atoms with Crippen LogP contribution in [-0.2, 0) is 0 Å². The highest BCUT2D eigenvalue weighted by molar-refractivity contribution is 4.68. The molecule has 0 aliphatic heterocycles. The number of hydrogen-bond donors (Lipinski definition) is 2. The van der Waals surface area contributed by atoms with Gasteiger partial charge >= 0.3 is 0 Å². The normalized spacial score (nSPS) is 14.7. The van der Waals surface area contributed by atoms with Crippen molar-refractivity contribution >= 4 is 0 Å². The Morgan fingerprint density at radius 3 is 2.29 bits per heavy atom. The van der Waals surface area contributed by atoms with Crippen molar-refractivity contribution in [1.82, 2.24) is 0 Å². The van der Waals surface area contributed by atoms with E-state index >= 15 is 0 Å². The van der Waals surface area contributed by atoms with Crippen molar-refractivity contribution < 1.29 is 10.2 Å². The van der Waals surface area contributed by atoms with Crippen molar-refractivity contribution in [2.75, 3.05) is 13.2 Å². The van der Waals surface area contributed by atoms with Gasteiger partial charge in [0.25, 0.3) is 0 Å². The Balaban J connectivity index is 3.41. The highest BCUT2D eigenvalue weighted by Gasteiger charge is 2.09. The predicted molar refractivity (Wildman–Crippen MR) is 51.8 cm³/mol.